The molecule has 0 heterocycles. The van der Waals surface area contributed by atoms with E-state index < -0.39 is 280 Å². The summed E-state index contributed by atoms with van der Waals surface area (Å²) < 4.78 is 272. The van der Waals surface area contributed by atoms with Gasteiger partial charge in [0.15, 0.2) is 0 Å². The van der Waals surface area contributed by atoms with Crippen LogP contribution in [0.25, 0.3) is 98.4 Å². The Labute approximate surface area is 333 Å². The third-order valence-corrected chi connectivity index (χ3v) is 8.23. The minimum Gasteiger partial charge on any atom is -0.0622 e. The van der Waals surface area contributed by atoms with Gasteiger partial charge in [-0.25, -0.2) is 0 Å². The van der Waals surface area contributed by atoms with Gasteiger partial charge < -0.3 is 0 Å². The highest BCUT2D eigenvalue weighted by molar-refractivity contribution is 6.24. The maximum atomic E-state index is 9.75. The molecule has 0 amide bonds. The van der Waals surface area contributed by atoms with E-state index in [1.54, 1.807) is 0 Å². The number of benzene rings is 10. The maximum Gasteiger partial charge on any atom is 0.0636 e. The van der Waals surface area contributed by atoms with Crippen molar-refractivity contribution in [2.75, 3.05) is 0 Å². The third kappa shape index (κ3) is 4.46. The Balaban J connectivity index is 1.47. The number of fused-ring (bicyclic) bond motifs is 6. The van der Waals surface area contributed by atoms with Crippen molar-refractivity contribution in [1.29, 1.82) is 0 Å². The molecule has 0 saturated heterocycles. The van der Waals surface area contributed by atoms with Gasteiger partial charge in [-0.05, 0) is 104 Å². The van der Waals surface area contributed by atoms with E-state index in [0.717, 1.165) is 12.1 Å². The largest absolute Gasteiger partial charge is 0.0636 e. The molecule has 0 aliphatic carbocycles. The van der Waals surface area contributed by atoms with E-state index in [0.29, 0.717) is 0 Å². The van der Waals surface area contributed by atoms with Gasteiger partial charge in [0, 0.05) is 0 Å². The molecule has 0 aliphatic heterocycles. The van der Waals surface area contributed by atoms with Crippen LogP contribution in [-0.4, -0.2) is 0 Å². The molecule has 0 spiro atoms. The Morgan fingerprint density at radius 3 is 1.36 bits per heavy atom. The molecule has 0 N–H and O–H groups in total. The van der Waals surface area contributed by atoms with Gasteiger partial charge in [0.05, 0.1) is 41.1 Å². The van der Waals surface area contributed by atoms with Gasteiger partial charge >= 0.3 is 0 Å². The van der Waals surface area contributed by atoms with Crippen LogP contribution in [0.3, 0.4) is 0 Å². The average Bonchev–Trinajstić information content (AvgIpc) is 3.44. The lowest BCUT2D eigenvalue weighted by atomic mass is 9.83. The lowest BCUT2D eigenvalue weighted by Crippen LogP contribution is -1.92. The summed E-state index contributed by atoms with van der Waals surface area (Å²) in [5, 5.41) is -6.45. The first kappa shape index (κ1) is 11.5. The Morgan fingerprint density at radius 2 is 0.700 bits per heavy atom. The van der Waals surface area contributed by atoms with Crippen LogP contribution in [0.2, 0.25) is 0 Å². The van der Waals surface area contributed by atoms with Crippen molar-refractivity contribution >= 4 is 53.9 Å². The lowest BCUT2D eigenvalue weighted by molar-refractivity contribution is 1.63. The quantitative estimate of drug-likeness (QED) is 0.130. The molecule has 0 heteroatoms. The van der Waals surface area contributed by atoms with Gasteiger partial charge in [0.25, 0.3) is 0 Å². The molecule has 10 aromatic rings. The van der Waals surface area contributed by atoms with Crippen molar-refractivity contribution in [3.63, 3.8) is 0 Å². The summed E-state index contributed by atoms with van der Waals surface area (Å²) in [6.45, 7) is 0. The first-order valence-electron chi connectivity index (χ1n) is 29.9. The third-order valence-electron chi connectivity index (χ3n) is 8.23. The van der Waals surface area contributed by atoms with E-state index in [9.17, 15) is 17.8 Å². The molecule has 0 atom stereocenters. The molecule has 0 nitrogen and oxygen atoms in total. The van der Waals surface area contributed by atoms with E-state index in [2.05, 4.69) is 0 Å². The Morgan fingerprint density at radius 1 is 0.260 bits per heavy atom. The predicted molar refractivity (Wildman–Crippen MR) is 216 cm³/mol. The van der Waals surface area contributed by atoms with Crippen molar-refractivity contribution in [3.05, 3.63) is 193 Å². The monoisotopic (exact) mass is 662 g/mol. The highest BCUT2D eigenvalue weighted by Crippen LogP contribution is 2.47. The highest BCUT2D eigenvalue weighted by Gasteiger charge is 2.19. The second-order valence-electron chi connectivity index (χ2n) is 10.9. The van der Waals surface area contributed by atoms with Crippen LogP contribution in [0.1, 0.15) is 41.1 Å². The number of rotatable bonds is 4. The smallest absolute Gasteiger partial charge is 0.0622 e. The van der Waals surface area contributed by atoms with Gasteiger partial charge in [-0.1, -0.05) is 187 Å². The zero-order valence-corrected chi connectivity index (χ0v) is 25.2. The van der Waals surface area contributed by atoms with Crippen molar-refractivity contribution < 1.29 is 41.1 Å². The standard InChI is InChI=1S/C50H32/c1-2-14-33(15-3-1)38-30-31-47(41-20-8-6-19-40(38)41)50-45-24-12-10-22-43(45)49(44-23-11-13-25-46(44)50)35-28-26-34(27-29-35)48-32-36-16-4-5-17-37(36)39-18-7-9-21-42(39)48/h1-32H/i1D,2D,3D,4D,5D,7D,9D,10D,11D,12D,13D,14D,15D,16D,17D,18D,19D,20D,21D,22D,23D,24D,25D,26D,27D,28D,29D,30D,31D,32D. The zero-order valence-electron chi connectivity index (χ0n) is 55.2. The first-order chi connectivity index (χ1) is 37.3. The van der Waals surface area contributed by atoms with E-state index in [-0.39, 0.29) is 0 Å². The molecular weight excluding hydrogens is 601 g/mol. The van der Waals surface area contributed by atoms with Crippen LogP contribution in [0, 0.1) is 0 Å². The normalized spacial score (nSPS) is 20.0. The van der Waals surface area contributed by atoms with Crippen LogP contribution in [0.15, 0.2) is 193 Å². The van der Waals surface area contributed by atoms with Gasteiger partial charge in [0.2, 0.25) is 0 Å². The van der Waals surface area contributed by atoms with Crippen molar-refractivity contribution in [2.45, 2.75) is 0 Å². The molecule has 0 fully saturated rings. The van der Waals surface area contributed by atoms with E-state index in [4.69, 9.17) is 23.3 Å². The molecule has 0 bridgehead atoms. The summed E-state index contributed by atoms with van der Waals surface area (Å²) in [6.07, 6.45) is 0. The molecule has 232 valence electrons. The molecule has 0 saturated carbocycles. The number of hydrogen-bond acceptors (Lipinski definition) is 0. The van der Waals surface area contributed by atoms with Gasteiger partial charge in [-0.15, -0.1) is 0 Å². The molecular formula is C50H32. The summed E-state index contributed by atoms with van der Waals surface area (Å²) in [4.78, 5) is 0. The second-order valence-corrected chi connectivity index (χ2v) is 10.9. The summed E-state index contributed by atoms with van der Waals surface area (Å²) in [5.74, 6) is 0. The molecule has 0 radical (unpaired) electrons. The first-order valence-corrected chi connectivity index (χ1v) is 14.9. The van der Waals surface area contributed by atoms with E-state index >= 15 is 0 Å². The van der Waals surface area contributed by atoms with Crippen LogP contribution < -0.4 is 0 Å². The topological polar surface area (TPSA) is 0 Å². The lowest BCUT2D eigenvalue weighted by Gasteiger charge is -2.20. The van der Waals surface area contributed by atoms with Crippen molar-refractivity contribution in [3.8, 4) is 44.5 Å². The summed E-state index contributed by atoms with van der Waals surface area (Å²) >= 11 is 0. The molecule has 0 unspecified atom stereocenters. The molecule has 0 aromatic heterocycles. The van der Waals surface area contributed by atoms with Crippen molar-refractivity contribution in [2.24, 2.45) is 0 Å². The van der Waals surface area contributed by atoms with Crippen LogP contribution in [-0.2, 0) is 0 Å². The van der Waals surface area contributed by atoms with Crippen LogP contribution in [0.5, 0.6) is 0 Å². The predicted octanol–water partition coefficient (Wildman–Crippen LogP) is 14.1. The maximum absolute atomic E-state index is 9.75. The fourth-order valence-corrected chi connectivity index (χ4v) is 6.13. The average molecular weight is 663 g/mol. The Bertz CT molecular complexity index is 4500. The molecule has 50 heavy (non-hydrogen) atoms. The second kappa shape index (κ2) is 11.6. The van der Waals surface area contributed by atoms with Crippen LogP contribution >= 0.6 is 0 Å². The van der Waals surface area contributed by atoms with Gasteiger partial charge in [-0.3, -0.25) is 0 Å². The minimum atomic E-state index is -1.14. The summed E-state index contributed by atoms with van der Waals surface area (Å²) in [5.41, 5.74) is -5.97. The molecule has 10 aromatic carbocycles. The minimum absolute atomic E-state index is 0.496. The van der Waals surface area contributed by atoms with Gasteiger partial charge in [-0.2, -0.15) is 0 Å². The molecule has 0 aliphatic rings. The summed E-state index contributed by atoms with van der Waals surface area (Å²) in [7, 11) is 0. The number of hydrogen-bond donors (Lipinski definition) is 0. The SMILES string of the molecule is [2H]c1c([2H])c([2H])c(-c2c([2H])c([2H])c(-c3c4c([2H])c([2H])c([2H])c([2H])c4c(-c4c([2H])c([2H])c(-c5c([2H])c6c([2H])c([2H])c([2H])c([2H])c6c6c([2H])c([2H])c([2H])c([2H])c56)c([2H])c4[2H])c4c([2H])c([2H])c([2H])c([2H])c34)c3c([2H])ccc([2H])c23)c([2H])c1[2H]. The Hall–Kier alpha value is -6.50. The van der Waals surface area contributed by atoms with Gasteiger partial charge in [0.1, 0.15) is 0 Å². The van der Waals surface area contributed by atoms with E-state index in [1.165, 1.54) is 0 Å². The fourth-order valence-electron chi connectivity index (χ4n) is 6.13. The van der Waals surface area contributed by atoms with Crippen LogP contribution in [0.4, 0.5) is 0 Å². The van der Waals surface area contributed by atoms with Crippen molar-refractivity contribution in [1.82, 2.24) is 0 Å². The van der Waals surface area contributed by atoms with E-state index in [1.807, 2.05) is 0 Å². The summed E-state index contributed by atoms with van der Waals surface area (Å²) in [6, 6.07) is -25.9. The molecule has 10 rings (SSSR count). The fraction of sp³-hybridized carbons (Fsp3) is 0. The Kier molecular flexibility index (Phi) is 2.67. The highest BCUT2D eigenvalue weighted by atomic mass is 14.2. The zero-order chi connectivity index (χ0) is 59.1.